The van der Waals surface area contributed by atoms with Crippen molar-refractivity contribution in [2.45, 2.75) is 30.4 Å². The van der Waals surface area contributed by atoms with Crippen LogP contribution >= 0.6 is 0 Å². The molecule has 0 saturated heterocycles. The van der Waals surface area contributed by atoms with Crippen LogP contribution in [0.25, 0.3) is 5.69 Å². The monoisotopic (exact) mass is 597 g/mol. The molecule has 16 heteroatoms. The second kappa shape index (κ2) is 10.8. The first-order valence-electron chi connectivity index (χ1n) is 11.4. The zero-order chi connectivity index (χ0) is 29.3. The zero-order valence-electron chi connectivity index (χ0n) is 20.6. The molecule has 0 aliphatic carbocycles. The molecule has 2 heterocycles. The summed E-state index contributed by atoms with van der Waals surface area (Å²) in [4.78, 5) is 16.1. The fourth-order valence-corrected chi connectivity index (χ4v) is 5.30. The minimum atomic E-state index is -5.59. The number of anilines is 1. The van der Waals surface area contributed by atoms with Gasteiger partial charge in [0.05, 0.1) is 22.8 Å². The van der Waals surface area contributed by atoms with Gasteiger partial charge in [-0.2, -0.15) is 26.3 Å². The molecule has 0 radical (unpaired) electrons. The summed E-state index contributed by atoms with van der Waals surface area (Å²) in [7, 11) is -9.58. The normalized spacial score (nSPS) is 12.4. The first kappa shape index (κ1) is 28.8. The highest BCUT2D eigenvalue weighted by atomic mass is 32.2. The van der Waals surface area contributed by atoms with Crippen molar-refractivity contribution in [3.8, 4) is 11.6 Å². The minimum absolute atomic E-state index is 0.0334. The number of rotatable bonds is 9. The van der Waals surface area contributed by atoms with Gasteiger partial charge in [-0.1, -0.05) is 30.3 Å². The molecule has 2 aromatic carbocycles. The van der Waals surface area contributed by atoms with Crippen molar-refractivity contribution in [1.82, 2.24) is 18.8 Å². The number of nitrogens with zero attached hydrogens (tertiary/aromatic N) is 3. The van der Waals surface area contributed by atoms with E-state index in [0.717, 1.165) is 26.8 Å². The Morgan fingerprint density at radius 3 is 2.23 bits per heavy atom. The average molecular weight is 598 g/mol. The molecule has 0 spiro atoms. The molecule has 0 saturated carbocycles. The third kappa shape index (κ3) is 6.03. The number of benzene rings is 2. The molecular weight excluding hydrogens is 575 g/mol. The number of aromatic nitrogens is 3. The van der Waals surface area contributed by atoms with Crippen molar-refractivity contribution in [1.29, 1.82) is 0 Å². The first-order valence-corrected chi connectivity index (χ1v) is 14.4. The first-order chi connectivity index (χ1) is 18.7. The van der Waals surface area contributed by atoms with Gasteiger partial charge in [-0.3, -0.25) is 9.29 Å². The molecule has 212 valence electrons. The Bertz CT molecular complexity index is 1800. The lowest BCUT2D eigenvalue weighted by atomic mass is 10.2. The highest BCUT2D eigenvalue weighted by Gasteiger charge is 2.46. The summed E-state index contributed by atoms with van der Waals surface area (Å²) < 4.78 is 93.2. The molecular formula is C24H22F3N5O6S2. The van der Waals surface area contributed by atoms with E-state index >= 15 is 0 Å². The lowest BCUT2D eigenvalue weighted by Crippen LogP contribution is -2.30. The molecule has 0 aliphatic heterocycles. The van der Waals surface area contributed by atoms with Crippen LogP contribution in [0.2, 0.25) is 0 Å². The number of alkyl halides is 3. The highest BCUT2D eigenvalue weighted by molar-refractivity contribution is 7.92. The standard InChI is InChI=1S/C24H22F3N5O6S2/c1-16-22(33)32(19-7-9-20(10-8-19)39(35,36)24(25,26)27)23(34)31(16)15-18-11-12-28-21(13-18)30-40(37,38)29-14-17-5-3-2-4-6-17/h2-13,29,33H,14-15H2,1H3,(H,28,30). The number of hydrogen-bond acceptors (Lipinski definition) is 7. The van der Waals surface area contributed by atoms with E-state index in [1.54, 1.807) is 30.3 Å². The quantitative estimate of drug-likeness (QED) is 0.268. The topological polar surface area (TPSA) is 152 Å². The van der Waals surface area contributed by atoms with Crippen LogP contribution in [-0.4, -0.2) is 41.6 Å². The van der Waals surface area contributed by atoms with Crippen molar-refractivity contribution in [3.05, 3.63) is 100 Å². The van der Waals surface area contributed by atoms with Crippen molar-refractivity contribution in [3.63, 3.8) is 0 Å². The summed E-state index contributed by atoms with van der Waals surface area (Å²) in [6.45, 7) is 1.34. The summed E-state index contributed by atoms with van der Waals surface area (Å²) in [6, 6.07) is 15.0. The summed E-state index contributed by atoms with van der Waals surface area (Å²) in [5.41, 5.74) is -5.07. The lowest BCUT2D eigenvalue weighted by molar-refractivity contribution is -0.0436. The maximum Gasteiger partial charge on any atom is 0.501 e. The minimum Gasteiger partial charge on any atom is -0.493 e. The number of halogens is 3. The van der Waals surface area contributed by atoms with Crippen LogP contribution in [-0.2, 0) is 33.1 Å². The largest absolute Gasteiger partial charge is 0.501 e. The molecule has 0 bridgehead atoms. The molecule has 0 unspecified atom stereocenters. The van der Waals surface area contributed by atoms with E-state index in [-0.39, 0.29) is 30.3 Å². The Balaban J connectivity index is 1.55. The van der Waals surface area contributed by atoms with Crippen LogP contribution in [0.5, 0.6) is 5.88 Å². The van der Waals surface area contributed by atoms with Gasteiger partial charge in [-0.05, 0) is 54.4 Å². The van der Waals surface area contributed by atoms with Crippen LogP contribution in [0.3, 0.4) is 0 Å². The van der Waals surface area contributed by atoms with E-state index < -0.39 is 42.0 Å². The van der Waals surface area contributed by atoms with E-state index in [2.05, 4.69) is 14.4 Å². The zero-order valence-corrected chi connectivity index (χ0v) is 22.3. The average Bonchev–Trinajstić information content (AvgIpc) is 3.10. The van der Waals surface area contributed by atoms with Gasteiger partial charge in [-0.15, -0.1) is 0 Å². The Kier molecular flexibility index (Phi) is 7.78. The number of imidazole rings is 1. The Labute approximate surface area is 226 Å². The number of aromatic hydroxyl groups is 1. The van der Waals surface area contributed by atoms with Gasteiger partial charge in [0, 0.05) is 12.7 Å². The molecule has 3 N–H and O–H groups in total. The molecule has 0 atom stereocenters. The molecule has 40 heavy (non-hydrogen) atoms. The molecule has 0 aliphatic rings. The predicted molar refractivity (Wildman–Crippen MR) is 139 cm³/mol. The van der Waals surface area contributed by atoms with Gasteiger partial charge in [0.1, 0.15) is 5.82 Å². The lowest BCUT2D eigenvalue weighted by Gasteiger charge is -2.10. The van der Waals surface area contributed by atoms with Crippen LogP contribution in [0.1, 0.15) is 16.8 Å². The second-order valence-corrected chi connectivity index (χ2v) is 12.0. The fourth-order valence-electron chi connectivity index (χ4n) is 3.72. The molecule has 0 fully saturated rings. The number of sulfone groups is 1. The van der Waals surface area contributed by atoms with E-state index in [9.17, 15) is 39.9 Å². The molecule has 0 amide bonds. The van der Waals surface area contributed by atoms with Gasteiger partial charge in [0.15, 0.2) is 0 Å². The van der Waals surface area contributed by atoms with E-state index in [1.807, 2.05) is 0 Å². The maximum absolute atomic E-state index is 13.1. The van der Waals surface area contributed by atoms with E-state index in [0.29, 0.717) is 17.7 Å². The SMILES string of the molecule is Cc1c(O)n(-c2ccc(S(=O)(=O)C(F)(F)F)cc2)c(=O)n1Cc1ccnc(NS(=O)(=O)NCc2ccccc2)c1. The third-order valence-corrected chi connectivity index (χ3v) is 8.29. The van der Waals surface area contributed by atoms with E-state index in [1.165, 1.54) is 25.3 Å². The smallest absolute Gasteiger partial charge is 0.493 e. The van der Waals surface area contributed by atoms with Crippen LogP contribution < -0.4 is 15.1 Å². The van der Waals surface area contributed by atoms with Crippen molar-refractivity contribution in [2.24, 2.45) is 0 Å². The van der Waals surface area contributed by atoms with Crippen molar-refractivity contribution >= 4 is 25.9 Å². The van der Waals surface area contributed by atoms with E-state index in [4.69, 9.17) is 0 Å². The van der Waals surface area contributed by atoms with Gasteiger partial charge in [0.2, 0.25) is 5.88 Å². The van der Waals surface area contributed by atoms with Gasteiger partial charge >= 0.3 is 21.4 Å². The molecule has 11 nitrogen and oxygen atoms in total. The maximum atomic E-state index is 13.1. The van der Waals surface area contributed by atoms with Gasteiger partial charge < -0.3 is 5.11 Å². The summed E-state index contributed by atoms with van der Waals surface area (Å²) in [5, 5.41) is 10.6. The van der Waals surface area contributed by atoms with Crippen LogP contribution in [0.4, 0.5) is 19.0 Å². The van der Waals surface area contributed by atoms with Crippen molar-refractivity contribution < 1.29 is 35.1 Å². The van der Waals surface area contributed by atoms with Crippen LogP contribution in [0, 0.1) is 6.92 Å². The van der Waals surface area contributed by atoms with Crippen LogP contribution in [0.15, 0.2) is 82.6 Å². The Hall–Kier alpha value is -4.15. The molecule has 4 aromatic rings. The summed E-state index contributed by atoms with van der Waals surface area (Å²) in [6.07, 6.45) is 1.32. The number of hydrogen-bond donors (Lipinski definition) is 3. The number of pyridine rings is 1. The summed E-state index contributed by atoms with van der Waals surface area (Å²) in [5.74, 6) is -0.551. The Morgan fingerprint density at radius 1 is 0.950 bits per heavy atom. The second-order valence-electron chi connectivity index (χ2n) is 8.52. The third-order valence-electron chi connectivity index (χ3n) is 5.79. The fraction of sp³-hybridized carbons (Fsp3) is 0.167. The molecule has 4 rings (SSSR count). The highest BCUT2D eigenvalue weighted by Crippen LogP contribution is 2.31. The molecule has 2 aromatic heterocycles. The van der Waals surface area contributed by atoms with Crippen molar-refractivity contribution in [2.75, 3.05) is 4.72 Å². The van der Waals surface area contributed by atoms with Gasteiger partial charge in [-0.25, -0.2) is 22.8 Å². The summed E-state index contributed by atoms with van der Waals surface area (Å²) >= 11 is 0. The van der Waals surface area contributed by atoms with Gasteiger partial charge in [0.25, 0.3) is 9.84 Å². The Morgan fingerprint density at radius 2 is 1.60 bits per heavy atom. The number of nitrogens with one attached hydrogen (secondary N) is 2. The predicted octanol–water partition coefficient (Wildman–Crippen LogP) is 2.84.